The molecule has 0 bridgehead atoms. The number of pyridine rings is 1. The molecule has 4 heteroatoms. The predicted molar refractivity (Wildman–Crippen MR) is 88.7 cm³/mol. The summed E-state index contributed by atoms with van der Waals surface area (Å²) < 4.78 is 6.93. The lowest BCUT2D eigenvalue weighted by Gasteiger charge is -2.11. The summed E-state index contributed by atoms with van der Waals surface area (Å²) in [5.74, 6) is 1.38. The monoisotopic (exact) mass is 342 g/mol. The first-order valence-electron chi connectivity index (χ1n) is 6.78. The summed E-state index contributed by atoms with van der Waals surface area (Å²) >= 11 is 3.44. The fraction of sp³-hybridized carbons (Fsp3) is 0.118. The molecule has 0 atom stereocenters. The highest BCUT2D eigenvalue weighted by atomic mass is 79.9. The molecule has 0 aliphatic carbocycles. The minimum atomic E-state index is 0.564. The molecule has 0 aliphatic heterocycles. The number of hydrogen-bond donors (Lipinski definition) is 1. The summed E-state index contributed by atoms with van der Waals surface area (Å²) in [6, 6.07) is 17.8. The minimum Gasteiger partial charge on any atom is -0.439 e. The van der Waals surface area contributed by atoms with Crippen molar-refractivity contribution in [1.82, 2.24) is 4.98 Å². The van der Waals surface area contributed by atoms with E-state index in [0.29, 0.717) is 12.4 Å². The third-order valence-corrected chi connectivity index (χ3v) is 3.68. The Labute approximate surface area is 131 Å². The average Bonchev–Trinajstić information content (AvgIpc) is 2.48. The van der Waals surface area contributed by atoms with E-state index in [2.05, 4.69) is 27.0 Å². The van der Waals surface area contributed by atoms with Crippen LogP contribution in [-0.4, -0.2) is 11.5 Å². The van der Waals surface area contributed by atoms with Gasteiger partial charge in [0, 0.05) is 15.4 Å². The van der Waals surface area contributed by atoms with E-state index in [-0.39, 0.29) is 0 Å². The van der Waals surface area contributed by atoms with Crippen LogP contribution in [0.3, 0.4) is 0 Å². The number of fused-ring (bicyclic) bond motifs is 1. The maximum atomic E-state index is 5.95. The molecule has 0 fully saturated rings. The van der Waals surface area contributed by atoms with Crippen molar-refractivity contribution < 1.29 is 4.74 Å². The van der Waals surface area contributed by atoms with Crippen LogP contribution in [-0.2, 0) is 6.42 Å². The van der Waals surface area contributed by atoms with Crippen molar-refractivity contribution in [2.24, 2.45) is 5.73 Å². The van der Waals surface area contributed by atoms with E-state index >= 15 is 0 Å². The van der Waals surface area contributed by atoms with Gasteiger partial charge in [-0.1, -0.05) is 40.2 Å². The molecule has 0 saturated carbocycles. The van der Waals surface area contributed by atoms with Crippen LogP contribution in [0.1, 0.15) is 5.56 Å². The van der Waals surface area contributed by atoms with Crippen molar-refractivity contribution in [1.29, 1.82) is 0 Å². The van der Waals surface area contributed by atoms with Crippen LogP contribution in [0.15, 0.2) is 59.1 Å². The topological polar surface area (TPSA) is 48.1 Å². The van der Waals surface area contributed by atoms with E-state index in [1.807, 2.05) is 48.5 Å². The molecule has 0 saturated heterocycles. The Morgan fingerprint density at radius 2 is 1.90 bits per heavy atom. The van der Waals surface area contributed by atoms with Gasteiger partial charge in [-0.05, 0) is 43.3 Å². The molecule has 3 aromatic rings. The zero-order valence-electron chi connectivity index (χ0n) is 11.4. The van der Waals surface area contributed by atoms with E-state index in [1.54, 1.807) is 0 Å². The number of aromatic nitrogens is 1. The summed E-state index contributed by atoms with van der Waals surface area (Å²) in [6.45, 7) is 0.564. The molecule has 106 valence electrons. The maximum Gasteiger partial charge on any atom is 0.223 e. The first-order chi connectivity index (χ1) is 10.3. The van der Waals surface area contributed by atoms with E-state index in [0.717, 1.165) is 33.1 Å². The van der Waals surface area contributed by atoms with Gasteiger partial charge in [0.1, 0.15) is 5.75 Å². The smallest absolute Gasteiger partial charge is 0.223 e. The minimum absolute atomic E-state index is 0.564. The highest BCUT2D eigenvalue weighted by Crippen LogP contribution is 2.28. The predicted octanol–water partition coefficient (Wildman–Crippen LogP) is 4.29. The van der Waals surface area contributed by atoms with Crippen molar-refractivity contribution in [3.05, 3.63) is 64.6 Å². The van der Waals surface area contributed by atoms with Crippen LogP contribution >= 0.6 is 15.9 Å². The molecule has 0 radical (unpaired) electrons. The molecule has 0 amide bonds. The second-order valence-corrected chi connectivity index (χ2v) is 5.66. The first-order valence-corrected chi connectivity index (χ1v) is 7.58. The first kappa shape index (κ1) is 14.0. The third kappa shape index (κ3) is 3.23. The average molecular weight is 343 g/mol. The molecular formula is C17H15BrN2O. The molecule has 2 aromatic carbocycles. The van der Waals surface area contributed by atoms with Gasteiger partial charge in [0.2, 0.25) is 5.88 Å². The van der Waals surface area contributed by atoms with Crippen molar-refractivity contribution >= 4 is 26.8 Å². The second-order valence-electron chi connectivity index (χ2n) is 4.74. The fourth-order valence-electron chi connectivity index (χ4n) is 2.21. The third-order valence-electron chi connectivity index (χ3n) is 3.19. The molecule has 1 heterocycles. The zero-order valence-corrected chi connectivity index (χ0v) is 13.0. The largest absolute Gasteiger partial charge is 0.439 e. The summed E-state index contributed by atoms with van der Waals surface area (Å²) in [7, 11) is 0. The molecule has 3 nitrogen and oxygen atoms in total. The van der Waals surface area contributed by atoms with E-state index in [1.165, 1.54) is 0 Å². The maximum absolute atomic E-state index is 5.95. The molecule has 21 heavy (non-hydrogen) atoms. The Kier molecular flexibility index (Phi) is 4.18. The highest BCUT2D eigenvalue weighted by Gasteiger charge is 2.09. The lowest BCUT2D eigenvalue weighted by atomic mass is 10.1. The fourth-order valence-corrected chi connectivity index (χ4v) is 2.59. The molecule has 1 aromatic heterocycles. The Bertz CT molecular complexity index is 774. The van der Waals surface area contributed by atoms with Crippen LogP contribution in [0, 0.1) is 0 Å². The van der Waals surface area contributed by atoms with Crippen molar-refractivity contribution in [2.75, 3.05) is 6.54 Å². The summed E-state index contributed by atoms with van der Waals surface area (Å²) in [5.41, 5.74) is 7.64. The lowest BCUT2D eigenvalue weighted by molar-refractivity contribution is 0.458. The quantitative estimate of drug-likeness (QED) is 0.769. The van der Waals surface area contributed by atoms with Crippen molar-refractivity contribution in [3.8, 4) is 11.6 Å². The van der Waals surface area contributed by atoms with Gasteiger partial charge < -0.3 is 10.5 Å². The zero-order chi connectivity index (χ0) is 14.7. The SMILES string of the molecule is NCCc1cc2ccccc2nc1Oc1cccc(Br)c1. The summed E-state index contributed by atoms with van der Waals surface area (Å²) in [5, 5.41) is 1.10. The van der Waals surface area contributed by atoms with Gasteiger partial charge >= 0.3 is 0 Å². The number of halogens is 1. The number of ether oxygens (including phenoxy) is 1. The van der Waals surface area contributed by atoms with Crippen LogP contribution < -0.4 is 10.5 Å². The second kappa shape index (κ2) is 6.24. The number of rotatable bonds is 4. The summed E-state index contributed by atoms with van der Waals surface area (Å²) in [6.07, 6.45) is 0.737. The molecule has 0 unspecified atom stereocenters. The van der Waals surface area contributed by atoms with Gasteiger partial charge in [0.25, 0.3) is 0 Å². The number of hydrogen-bond acceptors (Lipinski definition) is 3. The van der Waals surface area contributed by atoms with Gasteiger partial charge in [0.05, 0.1) is 5.52 Å². The molecule has 2 N–H and O–H groups in total. The number of benzene rings is 2. The van der Waals surface area contributed by atoms with Crippen LogP contribution in [0.25, 0.3) is 10.9 Å². The normalized spacial score (nSPS) is 10.8. The van der Waals surface area contributed by atoms with E-state index < -0.39 is 0 Å². The Hall–Kier alpha value is -1.91. The molecular weight excluding hydrogens is 328 g/mol. The Morgan fingerprint density at radius 3 is 2.71 bits per heavy atom. The van der Waals surface area contributed by atoms with Gasteiger partial charge in [-0.2, -0.15) is 0 Å². The Morgan fingerprint density at radius 1 is 1.05 bits per heavy atom. The standard InChI is InChI=1S/C17H15BrN2O/c18-14-5-3-6-15(11-14)21-17-13(8-9-19)10-12-4-1-2-7-16(12)20-17/h1-7,10-11H,8-9,19H2. The van der Waals surface area contributed by atoms with Crippen LogP contribution in [0.2, 0.25) is 0 Å². The van der Waals surface area contributed by atoms with Crippen LogP contribution in [0.4, 0.5) is 0 Å². The number of nitrogens with two attached hydrogens (primary N) is 1. The highest BCUT2D eigenvalue weighted by molar-refractivity contribution is 9.10. The van der Waals surface area contributed by atoms with Gasteiger partial charge in [-0.3, -0.25) is 0 Å². The molecule has 3 rings (SSSR count). The molecule has 0 aliphatic rings. The number of nitrogens with zero attached hydrogens (tertiary/aromatic N) is 1. The molecule has 0 spiro atoms. The van der Waals surface area contributed by atoms with E-state index in [9.17, 15) is 0 Å². The van der Waals surface area contributed by atoms with Gasteiger partial charge in [0.15, 0.2) is 0 Å². The summed E-state index contributed by atoms with van der Waals surface area (Å²) in [4.78, 5) is 4.63. The lowest BCUT2D eigenvalue weighted by Crippen LogP contribution is -2.05. The van der Waals surface area contributed by atoms with E-state index in [4.69, 9.17) is 10.5 Å². The van der Waals surface area contributed by atoms with Gasteiger partial charge in [-0.25, -0.2) is 4.98 Å². The van der Waals surface area contributed by atoms with Gasteiger partial charge in [-0.15, -0.1) is 0 Å². The Balaban J connectivity index is 2.04. The number of para-hydroxylation sites is 1. The van der Waals surface area contributed by atoms with Crippen molar-refractivity contribution in [2.45, 2.75) is 6.42 Å². The van der Waals surface area contributed by atoms with Crippen LogP contribution in [0.5, 0.6) is 11.6 Å². The van der Waals surface area contributed by atoms with Crippen molar-refractivity contribution in [3.63, 3.8) is 0 Å².